The first kappa shape index (κ1) is 20.9. The molecule has 2 N–H and O–H groups in total. The number of carbonyl (C=O) groups excluding carboxylic acids is 2. The van der Waals surface area contributed by atoms with Gasteiger partial charge in [-0.3, -0.25) is 9.59 Å². The van der Waals surface area contributed by atoms with Gasteiger partial charge in [-0.15, -0.1) is 16.9 Å². The Morgan fingerprint density at radius 2 is 1.93 bits per heavy atom. The molecule has 0 aliphatic rings. The Balaban J connectivity index is 1.69. The highest BCUT2D eigenvalue weighted by Crippen LogP contribution is 2.21. The molecular weight excluding hydrogens is 410 g/mol. The van der Waals surface area contributed by atoms with E-state index in [1.54, 1.807) is 30.8 Å². The second-order valence-corrected chi connectivity index (χ2v) is 7.69. The van der Waals surface area contributed by atoms with Gasteiger partial charge in [0, 0.05) is 21.3 Å². The number of nitrogens with one attached hydrogen (secondary N) is 2. The van der Waals surface area contributed by atoms with Crippen LogP contribution in [0.5, 0.6) is 0 Å². The van der Waals surface area contributed by atoms with Crippen molar-refractivity contribution in [3.8, 4) is 0 Å². The maximum atomic E-state index is 12.6. The second-order valence-electron chi connectivity index (χ2n) is 6.37. The van der Waals surface area contributed by atoms with E-state index in [9.17, 15) is 9.59 Å². The van der Waals surface area contributed by atoms with Gasteiger partial charge in [0.1, 0.15) is 6.54 Å². The molecule has 29 heavy (non-hydrogen) atoms. The molecular formula is C20H20ClN5O2S. The predicted octanol–water partition coefficient (Wildman–Crippen LogP) is 4.16. The number of rotatable bonds is 6. The summed E-state index contributed by atoms with van der Waals surface area (Å²) in [5.41, 5.74) is 2.83. The topological polar surface area (TPSA) is 88.9 Å². The normalized spacial score (nSPS) is 10.6. The fourth-order valence-electron chi connectivity index (χ4n) is 2.67. The van der Waals surface area contributed by atoms with Gasteiger partial charge in [0.2, 0.25) is 5.91 Å². The molecule has 0 fully saturated rings. The van der Waals surface area contributed by atoms with E-state index in [-0.39, 0.29) is 18.1 Å². The van der Waals surface area contributed by atoms with Crippen molar-refractivity contribution in [3.63, 3.8) is 0 Å². The summed E-state index contributed by atoms with van der Waals surface area (Å²) in [4.78, 5) is 26.0. The van der Waals surface area contributed by atoms with Crippen LogP contribution in [-0.2, 0) is 11.3 Å². The molecule has 2 amide bonds. The van der Waals surface area contributed by atoms with E-state index in [4.69, 9.17) is 11.6 Å². The lowest BCUT2D eigenvalue weighted by Gasteiger charge is -2.09. The number of halogens is 1. The third-order valence-corrected chi connectivity index (χ3v) is 5.25. The Kier molecular flexibility index (Phi) is 6.56. The number of amides is 2. The fraction of sp³-hybridized carbons (Fsp3) is 0.200. The molecule has 0 aliphatic heterocycles. The van der Waals surface area contributed by atoms with Gasteiger partial charge >= 0.3 is 0 Å². The molecule has 0 bridgehead atoms. The fourth-order valence-corrected chi connectivity index (χ4v) is 3.30. The minimum atomic E-state index is -0.410. The van der Waals surface area contributed by atoms with Crippen LogP contribution in [0.3, 0.4) is 0 Å². The average molecular weight is 430 g/mol. The van der Waals surface area contributed by atoms with Gasteiger partial charge < -0.3 is 10.6 Å². The van der Waals surface area contributed by atoms with Crippen molar-refractivity contribution >= 4 is 46.6 Å². The maximum absolute atomic E-state index is 12.6. The molecule has 0 unspecified atom stereocenters. The molecule has 9 heteroatoms. The van der Waals surface area contributed by atoms with E-state index in [1.807, 2.05) is 43.5 Å². The number of benzene rings is 2. The summed E-state index contributed by atoms with van der Waals surface area (Å²) in [5.74, 6) is -0.666. The smallest absolute Gasteiger partial charge is 0.278 e. The van der Waals surface area contributed by atoms with E-state index >= 15 is 0 Å². The molecule has 7 nitrogen and oxygen atoms in total. The lowest BCUT2D eigenvalue weighted by atomic mass is 10.2. The number of carbonyl (C=O) groups is 2. The number of aryl methyl sites for hydroxylation is 1. The highest BCUT2D eigenvalue weighted by Gasteiger charge is 2.19. The lowest BCUT2D eigenvalue weighted by Crippen LogP contribution is -2.21. The number of aromatic nitrogens is 3. The largest absolute Gasteiger partial charge is 0.324 e. The third kappa shape index (κ3) is 5.16. The van der Waals surface area contributed by atoms with Crippen molar-refractivity contribution < 1.29 is 9.59 Å². The monoisotopic (exact) mass is 429 g/mol. The molecule has 0 saturated heterocycles. The highest BCUT2D eigenvalue weighted by atomic mass is 35.5. The summed E-state index contributed by atoms with van der Waals surface area (Å²) in [7, 11) is 0. The van der Waals surface area contributed by atoms with Gasteiger partial charge in [-0.1, -0.05) is 28.9 Å². The Labute approximate surface area is 177 Å². The van der Waals surface area contributed by atoms with Crippen molar-refractivity contribution in [2.45, 2.75) is 25.3 Å². The number of hydrogen-bond acceptors (Lipinski definition) is 5. The molecule has 1 heterocycles. The first-order valence-electron chi connectivity index (χ1n) is 8.79. The summed E-state index contributed by atoms with van der Waals surface area (Å²) < 4.78 is 1.40. The first-order valence-corrected chi connectivity index (χ1v) is 10.4. The van der Waals surface area contributed by atoms with E-state index in [0.717, 1.165) is 10.5 Å². The molecule has 2 aromatic carbocycles. The molecule has 0 radical (unpaired) electrons. The average Bonchev–Trinajstić information content (AvgIpc) is 3.05. The number of thioether (sulfide) groups is 1. The lowest BCUT2D eigenvalue weighted by molar-refractivity contribution is -0.117. The van der Waals surface area contributed by atoms with Gasteiger partial charge in [-0.2, -0.15) is 0 Å². The Morgan fingerprint density at radius 1 is 1.14 bits per heavy atom. The van der Waals surface area contributed by atoms with Crippen LogP contribution in [0.4, 0.5) is 11.4 Å². The zero-order chi connectivity index (χ0) is 21.0. The zero-order valence-corrected chi connectivity index (χ0v) is 17.8. The summed E-state index contributed by atoms with van der Waals surface area (Å²) in [6, 6.07) is 12.8. The molecule has 150 valence electrons. The molecule has 1 aromatic heterocycles. The molecule has 0 aliphatic carbocycles. The minimum absolute atomic E-state index is 0.0498. The van der Waals surface area contributed by atoms with Gasteiger partial charge in [-0.05, 0) is 56.0 Å². The van der Waals surface area contributed by atoms with Crippen LogP contribution >= 0.6 is 23.4 Å². The van der Waals surface area contributed by atoms with Crippen LogP contribution in [0.1, 0.15) is 21.7 Å². The summed E-state index contributed by atoms with van der Waals surface area (Å²) in [6.45, 7) is 3.51. The highest BCUT2D eigenvalue weighted by molar-refractivity contribution is 7.98. The van der Waals surface area contributed by atoms with Crippen LogP contribution in [0.15, 0.2) is 47.4 Å². The van der Waals surface area contributed by atoms with Crippen molar-refractivity contribution in [2.24, 2.45) is 0 Å². The van der Waals surface area contributed by atoms with Crippen LogP contribution in [0.25, 0.3) is 0 Å². The molecule has 0 atom stereocenters. The minimum Gasteiger partial charge on any atom is -0.324 e. The number of nitrogens with zero attached hydrogens (tertiary/aromatic N) is 3. The second kappa shape index (κ2) is 9.11. The third-order valence-electron chi connectivity index (χ3n) is 4.29. The first-order chi connectivity index (χ1) is 13.9. The maximum Gasteiger partial charge on any atom is 0.278 e. The summed E-state index contributed by atoms with van der Waals surface area (Å²) >= 11 is 7.59. The van der Waals surface area contributed by atoms with E-state index in [1.165, 1.54) is 4.68 Å². The van der Waals surface area contributed by atoms with Crippen LogP contribution in [0, 0.1) is 13.8 Å². The zero-order valence-electron chi connectivity index (χ0n) is 16.2. The SMILES string of the molecule is CSc1cccc(NC(=O)Cn2nnc(C(=O)Nc3cc(Cl)ccc3C)c2C)c1. The summed E-state index contributed by atoms with van der Waals surface area (Å²) in [6.07, 6.45) is 1.97. The Hall–Kier alpha value is -2.84. The van der Waals surface area contributed by atoms with Gasteiger partial charge in [0.25, 0.3) is 5.91 Å². The van der Waals surface area contributed by atoms with E-state index < -0.39 is 5.91 Å². The van der Waals surface area contributed by atoms with E-state index in [0.29, 0.717) is 22.1 Å². The van der Waals surface area contributed by atoms with Gasteiger partial charge in [0.15, 0.2) is 5.69 Å². The Bertz CT molecular complexity index is 1070. The van der Waals surface area contributed by atoms with Crippen LogP contribution < -0.4 is 10.6 Å². The van der Waals surface area contributed by atoms with Crippen LogP contribution in [-0.4, -0.2) is 33.1 Å². The van der Waals surface area contributed by atoms with Gasteiger partial charge in [0.05, 0.1) is 5.69 Å². The molecule has 0 saturated carbocycles. The number of anilines is 2. The molecule has 3 aromatic rings. The predicted molar refractivity (Wildman–Crippen MR) is 116 cm³/mol. The quantitative estimate of drug-likeness (QED) is 0.574. The van der Waals surface area contributed by atoms with Gasteiger partial charge in [-0.25, -0.2) is 4.68 Å². The molecule has 0 spiro atoms. The van der Waals surface area contributed by atoms with Crippen molar-refractivity contribution in [2.75, 3.05) is 16.9 Å². The van der Waals surface area contributed by atoms with Crippen LogP contribution in [0.2, 0.25) is 5.02 Å². The standard InChI is InChI=1S/C20H20ClN5O2S/c1-12-7-8-14(21)9-17(12)23-20(28)19-13(2)26(25-24-19)11-18(27)22-15-5-4-6-16(10-15)29-3/h4-10H,11H2,1-3H3,(H,22,27)(H,23,28). The summed E-state index contributed by atoms with van der Waals surface area (Å²) in [5, 5.41) is 14.0. The van der Waals surface area contributed by atoms with E-state index in [2.05, 4.69) is 20.9 Å². The number of hydrogen-bond donors (Lipinski definition) is 2. The van der Waals surface area contributed by atoms with Crippen molar-refractivity contribution in [1.29, 1.82) is 0 Å². The molecule has 3 rings (SSSR count). The van der Waals surface area contributed by atoms with Crippen molar-refractivity contribution in [1.82, 2.24) is 15.0 Å². The van der Waals surface area contributed by atoms with Crippen molar-refractivity contribution in [3.05, 3.63) is 64.4 Å². The Morgan fingerprint density at radius 3 is 2.69 bits per heavy atom.